The molecule has 2 unspecified atom stereocenters. The maximum atomic E-state index is 7.42. The van der Waals surface area contributed by atoms with Gasteiger partial charge in [-0.3, -0.25) is 0 Å². The standard InChI is InChI=1S/C48H50BClN2S/c1-27-21-29(45(3,4)5)22-28(2)41(27)51-37-25-31(50)26-38-40(37)49(35-18-17-33-32-15-11-12-16-39(32)53-44(33)43(35)51)36-24-30(46(6,7)8)23-34-42(36)52(38)48(10)20-14-13-19-47(34,48)9/h11-12,15-18,21-26H,13-14,19-20H2,1-10H3. The molecule has 2 nitrogen and oxygen atoms in total. The van der Waals surface area contributed by atoms with Gasteiger partial charge in [0.05, 0.1) is 21.6 Å². The van der Waals surface area contributed by atoms with Crippen molar-refractivity contribution in [3.05, 3.63) is 106 Å². The van der Waals surface area contributed by atoms with Gasteiger partial charge < -0.3 is 9.80 Å². The van der Waals surface area contributed by atoms with Gasteiger partial charge in [-0.1, -0.05) is 128 Å². The first-order chi connectivity index (χ1) is 25.0. The van der Waals surface area contributed by atoms with Crippen LogP contribution in [0.1, 0.15) is 109 Å². The molecule has 53 heavy (non-hydrogen) atoms. The zero-order valence-corrected chi connectivity index (χ0v) is 34.6. The summed E-state index contributed by atoms with van der Waals surface area (Å²) < 4.78 is 2.69. The fraction of sp³-hybridized carbons (Fsp3) is 0.375. The Morgan fingerprint density at radius 1 is 0.698 bits per heavy atom. The van der Waals surface area contributed by atoms with Gasteiger partial charge in [0, 0.05) is 43.0 Å². The van der Waals surface area contributed by atoms with Crippen molar-refractivity contribution in [3.63, 3.8) is 0 Å². The molecule has 1 aliphatic carbocycles. The smallest absolute Gasteiger partial charge is 0.252 e. The fourth-order valence-corrected chi connectivity index (χ4v) is 12.4. The minimum atomic E-state index is -0.0526. The lowest BCUT2D eigenvalue weighted by atomic mass is 9.33. The Balaban J connectivity index is 1.38. The van der Waals surface area contributed by atoms with Crippen LogP contribution in [-0.2, 0) is 16.2 Å². The Morgan fingerprint density at radius 2 is 1.36 bits per heavy atom. The van der Waals surface area contributed by atoms with Crippen molar-refractivity contribution in [2.24, 2.45) is 0 Å². The molecule has 268 valence electrons. The van der Waals surface area contributed by atoms with Crippen LogP contribution in [0.25, 0.3) is 20.2 Å². The average molecular weight is 733 g/mol. The zero-order valence-electron chi connectivity index (χ0n) is 33.0. The van der Waals surface area contributed by atoms with E-state index in [1.165, 1.54) is 113 Å². The molecule has 1 saturated carbocycles. The highest BCUT2D eigenvalue weighted by Crippen LogP contribution is 2.62. The van der Waals surface area contributed by atoms with Crippen molar-refractivity contribution < 1.29 is 0 Å². The van der Waals surface area contributed by atoms with Crippen molar-refractivity contribution in [3.8, 4) is 0 Å². The first kappa shape index (κ1) is 33.8. The van der Waals surface area contributed by atoms with Crippen molar-refractivity contribution >= 4 is 94.6 Å². The number of fused-ring (bicyclic) bond motifs is 11. The molecule has 0 amide bonds. The molecule has 3 aliphatic heterocycles. The number of thiophene rings is 1. The number of hydrogen-bond acceptors (Lipinski definition) is 3. The number of aryl methyl sites for hydroxylation is 2. The molecule has 2 atom stereocenters. The number of benzene rings is 5. The summed E-state index contributed by atoms with van der Waals surface area (Å²) in [5.74, 6) is 0. The minimum absolute atomic E-state index is 0.0193. The molecule has 1 fully saturated rings. The second kappa shape index (κ2) is 10.7. The molecule has 5 aromatic carbocycles. The van der Waals surface area contributed by atoms with Crippen LogP contribution in [0.15, 0.2) is 72.8 Å². The Morgan fingerprint density at radius 3 is 2.08 bits per heavy atom. The van der Waals surface area contributed by atoms with Crippen LogP contribution in [0.3, 0.4) is 0 Å². The van der Waals surface area contributed by atoms with E-state index >= 15 is 0 Å². The average Bonchev–Trinajstić information content (AvgIpc) is 3.57. The SMILES string of the molecule is Cc1cc(C(C)(C)C)cc(C)c1N1c2cc(Cl)cc3c2B(c2cc(C(C)(C)C)cc4c2N3C2(C)CCCCC42C)c2ccc3c(sc4ccccc43)c21. The second-order valence-electron chi connectivity index (χ2n) is 19.2. The molecule has 0 saturated heterocycles. The highest BCUT2D eigenvalue weighted by atomic mass is 35.5. The third-order valence-corrected chi connectivity index (χ3v) is 15.4. The van der Waals surface area contributed by atoms with Gasteiger partial charge in [0.25, 0.3) is 6.71 Å². The van der Waals surface area contributed by atoms with E-state index in [1.807, 2.05) is 11.3 Å². The van der Waals surface area contributed by atoms with Crippen molar-refractivity contribution in [2.45, 2.75) is 117 Å². The van der Waals surface area contributed by atoms with E-state index in [-0.39, 0.29) is 28.5 Å². The Labute approximate surface area is 325 Å². The number of hydrogen-bond donors (Lipinski definition) is 0. The summed E-state index contributed by atoms with van der Waals surface area (Å²) in [6.07, 6.45) is 4.90. The molecule has 0 N–H and O–H groups in total. The normalized spacial score (nSPS) is 21.6. The summed E-state index contributed by atoms with van der Waals surface area (Å²) in [5, 5.41) is 3.47. The van der Waals surface area contributed by atoms with E-state index in [4.69, 9.17) is 11.6 Å². The Bertz CT molecular complexity index is 2560. The van der Waals surface area contributed by atoms with Gasteiger partial charge in [0.1, 0.15) is 0 Å². The van der Waals surface area contributed by atoms with Gasteiger partial charge in [-0.2, -0.15) is 0 Å². The highest BCUT2D eigenvalue weighted by Gasteiger charge is 2.61. The summed E-state index contributed by atoms with van der Waals surface area (Å²) in [5.41, 5.74) is 17.9. The maximum absolute atomic E-state index is 7.42. The summed E-state index contributed by atoms with van der Waals surface area (Å²) in [6.45, 7) is 24.0. The van der Waals surface area contributed by atoms with E-state index in [9.17, 15) is 0 Å². The number of rotatable bonds is 1. The Hall–Kier alpha value is -3.73. The molecule has 6 aromatic rings. The van der Waals surface area contributed by atoms with Crippen LogP contribution in [0.4, 0.5) is 28.4 Å². The van der Waals surface area contributed by atoms with Crippen LogP contribution < -0.4 is 26.2 Å². The van der Waals surface area contributed by atoms with Crippen molar-refractivity contribution in [2.75, 3.05) is 9.80 Å². The summed E-state index contributed by atoms with van der Waals surface area (Å²) in [4.78, 5) is 5.44. The lowest BCUT2D eigenvalue weighted by Crippen LogP contribution is -2.64. The first-order valence-corrected chi connectivity index (χ1v) is 20.9. The third kappa shape index (κ3) is 4.34. The third-order valence-electron chi connectivity index (χ3n) is 13.9. The minimum Gasteiger partial charge on any atom is -0.335 e. The molecule has 4 heterocycles. The van der Waals surface area contributed by atoms with Crippen LogP contribution >= 0.6 is 22.9 Å². The molecular weight excluding hydrogens is 683 g/mol. The van der Waals surface area contributed by atoms with Crippen molar-refractivity contribution in [1.82, 2.24) is 0 Å². The van der Waals surface area contributed by atoms with Crippen LogP contribution in [0.2, 0.25) is 5.02 Å². The van der Waals surface area contributed by atoms with Gasteiger partial charge in [-0.15, -0.1) is 11.3 Å². The largest absolute Gasteiger partial charge is 0.335 e. The summed E-state index contributed by atoms with van der Waals surface area (Å²) in [6, 6.07) is 28.5. The van der Waals surface area contributed by atoms with E-state index in [1.54, 1.807) is 5.56 Å². The molecule has 1 aromatic heterocycles. The predicted molar refractivity (Wildman–Crippen MR) is 233 cm³/mol. The monoisotopic (exact) mass is 732 g/mol. The maximum Gasteiger partial charge on any atom is 0.252 e. The van der Waals surface area contributed by atoms with E-state index in [0.29, 0.717) is 0 Å². The molecule has 0 radical (unpaired) electrons. The fourth-order valence-electron chi connectivity index (χ4n) is 11.0. The van der Waals surface area contributed by atoms with Crippen LogP contribution in [0, 0.1) is 13.8 Å². The first-order valence-electron chi connectivity index (χ1n) is 19.7. The highest BCUT2D eigenvalue weighted by molar-refractivity contribution is 7.26. The number of nitrogens with zero attached hydrogens (tertiary/aromatic N) is 2. The van der Waals surface area contributed by atoms with Crippen LogP contribution in [0.5, 0.6) is 0 Å². The Kier molecular flexibility index (Phi) is 6.85. The summed E-state index contributed by atoms with van der Waals surface area (Å²) >= 11 is 9.36. The van der Waals surface area contributed by atoms with Gasteiger partial charge >= 0.3 is 0 Å². The van der Waals surface area contributed by atoms with E-state index in [2.05, 4.69) is 152 Å². The second-order valence-corrected chi connectivity index (χ2v) is 20.7. The van der Waals surface area contributed by atoms with E-state index in [0.717, 1.165) is 5.02 Å². The van der Waals surface area contributed by atoms with Gasteiger partial charge in [-0.05, 0) is 107 Å². The van der Waals surface area contributed by atoms with E-state index < -0.39 is 0 Å². The zero-order chi connectivity index (χ0) is 37.1. The molecule has 0 bridgehead atoms. The number of halogens is 1. The topological polar surface area (TPSA) is 6.48 Å². The molecule has 0 spiro atoms. The number of anilines is 5. The van der Waals surface area contributed by atoms with Gasteiger partial charge in [-0.25, -0.2) is 0 Å². The summed E-state index contributed by atoms with van der Waals surface area (Å²) in [7, 11) is 0. The van der Waals surface area contributed by atoms with Gasteiger partial charge in [0.2, 0.25) is 0 Å². The lowest BCUT2D eigenvalue weighted by molar-refractivity contribution is 0.195. The van der Waals surface area contributed by atoms with Crippen molar-refractivity contribution in [1.29, 1.82) is 0 Å². The van der Waals surface area contributed by atoms with Crippen LogP contribution in [-0.4, -0.2) is 12.3 Å². The predicted octanol–water partition coefficient (Wildman–Crippen LogP) is 12.3. The van der Waals surface area contributed by atoms with Gasteiger partial charge in [0.15, 0.2) is 0 Å². The lowest BCUT2D eigenvalue weighted by Gasteiger charge is -2.52. The molecule has 5 heteroatoms. The molecule has 10 rings (SSSR count). The molecule has 4 aliphatic rings. The molecular formula is C48H50BClN2S. The quantitative estimate of drug-likeness (QED) is 0.155.